The molecule has 0 radical (unpaired) electrons. The molecule has 1 aromatic rings. The van der Waals surface area contributed by atoms with Crippen LogP contribution in [0.2, 0.25) is 0 Å². The summed E-state index contributed by atoms with van der Waals surface area (Å²) in [5, 5.41) is 0. The van der Waals surface area contributed by atoms with E-state index >= 15 is 0 Å². The number of ketones is 1. The fourth-order valence-electron chi connectivity index (χ4n) is 1.52. The molecule has 1 rings (SSSR count). The van der Waals surface area contributed by atoms with Gasteiger partial charge in [0.25, 0.3) is 0 Å². The SMILES string of the molecule is CC(C)C(=O)C(c1ccccn1)N(C)C. The van der Waals surface area contributed by atoms with Crippen LogP contribution in [0.4, 0.5) is 0 Å². The Kier molecular flexibility index (Phi) is 3.97. The molecule has 0 amide bonds. The number of likely N-dealkylation sites (N-methyl/N-ethyl adjacent to an activating group) is 1. The zero-order valence-corrected chi connectivity index (χ0v) is 9.77. The van der Waals surface area contributed by atoms with Crippen LogP contribution in [0.3, 0.4) is 0 Å². The molecule has 15 heavy (non-hydrogen) atoms. The van der Waals surface area contributed by atoms with Crippen molar-refractivity contribution in [2.45, 2.75) is 19.9 Å². The van der Waals surface area contributed by atoms with Crippen molar-refractivity contribution in [1.29, 1.82) is 0 Å². The second-order valence-corrected chi connectivity index (χ2v) is 4.18. The van der Waals surface area contributed by atoms with Crippen LogP contribution in [-0.4, -0.2) is 29.8 Å². The number of hydrogen-bond donors (Lipinski definition) is 0. The minimum atomic E-state index is -0.230. The molecule has 3 heteroatoms. The van der Waals surface area contributed by atoms with Gasteiger partial charge in [-0.2, -0.15) is 0 Å². The number of carbonyl (C=O) groups is 1. The summed E-state index contributed by atoms with van der Waals surface area (Å²) in [4.78, 5) is 18.2. The van der Waals surface area contributed by atoms with Crippen LogP contribution in [0.1, 0.15) is 25.6 Å². The van der Waals surface area contributed by atoms with Crippen LogP contribution in [0.25, 0.3) is 0 Å². The van der Waals surface area contributed by atoms with Crippen molar-refractivity contribution in [1.82, 2.24) is 9.88 Å². The van der Waals surface area contributed by atoms with Gasteiger partial charge < -0.3 is 0 Å². The highest BCUT2D eigenvalue weighted by molar-refractivity contribution is 5.86. The molecule has 1 aromatic heterocycles. The van der Waals surface area contributed by atoms with Crippen LogP contribution in [0, 0.1) is 5.92 Å². The summed E-state index contributed by atoms with van der Waals surface area (Å²) in [6.07, 6.45) is 1.72. The molecule has 0 aliphatic carbocycles. The Hall–Kier alpha value is -1.22. The van der Waals surface area contributed by atoms with Crippen LogP contribution in [-0.2, 0) is 4.79 Å². The molecule has 82 valence electrons. The second kappa shape index (κ2) is 5.03. The maximum absolute atomic E-state index is 12.0. The van der Waals surface area contributed by atoms with Crippen molar-refractivity contribution in [3.05, 3.63) is 30.1 Å². The average Bonchev–Trinajstić information content (AvgIpc) is 2.18. The van der Waals surface area contributed by atoms with Gasteiger partial charge in [0.05, 0.1) is 5.69 Å². The normalized spacial score (nSPS) is 13.2. The third kappa shape index (κ3) is 2.86. The van der Waals surface area contributed by atoms with Gasteiger partial charge in [0.2, 0.25) is 0 Å². The highest BCUT2D eigenvalue weighted by Crippen LogP contribution is 2.20. The van der Waals surface area contributed by atoms with E-state index in [-0.39, 0.29) is 17.7 Å². The fourth-order valence-corrected chi connectivity index (χ4v) is 1.52. The maximum atomic E-state index is 12.0. The standard InChI is InChI=1S/C12H18N2O/c1-9(2)12(15)11(14(3)4)10-7-5-6-8-13-10/h5-9,11H,1-4H3. The lowest BCUT2D eigenvalue weighted by Gasteiger charge is -2.23. The largest absolute Gasteiger partial charge is 0.297 e. The molecular weight excluding hydrogens is 188 g/mol. The van der Waals surface area contributed by atoms with Crippen LogP contribution >= 0.6 is 0 Å². The topological polar surface area (TPSA) is 33.2 Å². The summed E-state index contributed by atoms with van der Waals surface area (Å²) in [7, 11) is 3.80. The first-order valence-corrected chi connectivity index (χ1v) is 5.15. The smallest absolute Gasteiger partial charge is 0.158 e. The number of pyridine rings is 1. The molecule has 0 aromatic carbocycles. The van der Waals surface area contributed by atoms with Crippen LogP contribution in [0.15, 0.2) is 24.4 Å². The van der Waals surface area contributed by atoms with E-state index in [2.05, 4.69) is 4.98 Å². The van der Waals surface area contributed by atoms with Crippen LogP contribution < -0.4 is 0 Å². The van der Waals surface area contributed by atoms with Crippen molar-refractivity contribution in [3.63, 3.8) is 0 Å². The molecule has 1 atom stereocenters. The lowest BCUT2D eigenvalue weighted by atomic mass is 9.98. The monoisotopic (exact) mass is 206 g/mol. The Balaban J connectivity index is 2.99. The minimum absolute atomic E-state index is 0.0272. The molecule has 0 saturated heterocycles. The molecular formula is C12H18N2O. The maximum Gasteiger partial charge on any atom is 0.158 e. The van der Waals surface area contributed by atoms with Crippen molar-refractivity contribution < 1.29 is 4.79 Å². The Morgan fingerprint density at radius 2 is 2.00 bits per heavy atom. The van der Waals surface area contributed by atoms with Gasteiger partial charge in [-0.3, -0.25) is 14.7 Å². The molecule has 0 fully saturated rings. The summed E-state index contributed by atoms with van der Waals surface area (Å²) in [6, 6.07) is 5.43. The molecule has 0 N–H and O–H groups in total. The molecule has 1 heterocycles. The Bertz CT molecular complexity index is 320. The van der Waals surface area contributed by atoms with E-state index in [1.807, 2.05) is 51.0 Å². The second-order valence-electron chi connectivity index (χ2n) is 4.18. The minimum Gasteiger partial charge on any atom is -0.297 e. The summed E-state index contributed by atoms with van der Waals surface area (Å²) >= 11 is 0. The molecule has 0 aliphatic rings. The molecule has 0 spiro atoms. The van der Waals surface area contributed by atoms with Gasteiger partial charge in [-0.05, 0) is 26.2 Å². The number of rotatable bonds is 4. The number of aromatic nitrogens is 1. The summed E-state index contributed by atoms with van der Waals surface area (Å²) < 4.78 is 0. The van der Waals surface area contributed by atoms with Gasteiger partial charge in [0, 0.05) is 12.1 Å². The number of hydrogen-bond acceptors (Lipinski definition) is 3. The number of carbonyl (C=O) groups excluding carboxylic acids is 1. The molecule has 0 saturated carbocycles. The summed E-state index contributed by atoms with van der Waals surface area (Å²) in [5.74, 6) is 0.234. The first-order chi connectivity index (χ1) is 7.04. The van der Waals surface area contributed by atoms with E-state index in [1.54, 1.807) is 6.20 Å². The molecule has 3 nitrogen and oxygen atoms in total. The van der Waals surface area contributed by atoms with Gasteiger partial charge >= 0.3 is 0 Å². The number of nitrogens with zero attached hydrogens (tertiary/aromatic N) is 2. The average molecular weight is 206 g/mol. The van der Waals surface area contributed by atoms with E-state index < -0.39 is 0 Å². The fraction of sp³-hybridized carbons (Fsp3) is 0.500. The number of Topliss-reactive ketones (excluding diaryl/α,β-unsaturated/α-hetero) is 1. The predicted octanol–water partition coefficient (Wildman–Crippen LogP) is 1.91. The quantitative estimate of drug-likeness (QED) is 0.754. The molecule has 0 bridgehead atoms. The van der Waals surface area contributed by atoms with Crippen molar-refractivity contribution in [3.8, 4) is 0 Å². The van der Waals surface area contributed by atoms with E-state index in [1.165, 1.54) is 0 Å². The van der Waals surface area contributed by atoms with Gasteiger partial charge in [-0.1, -0.05) is 19.9 Å². The molecule has 1 unspecified atom stereocenters. The molecule has 0 aliphatic heterocycles. The zero-order chi connectivity index (χ0) is 11.4. The van der Waals surface area contributed by atoms with Crippen molar-refractivity contribution in [2.24, 2.45) is 5.92 Å². The van der Waals surface area contributed by atoms with Crippen molar-refractivity contribution >= 4 is 5.78 Å². The third-order valence-corrected chi connectivity index (χ3v) is 2.32. The zero-order valence-electron chi connectivity index (χ0n) is 9.77. The van der Waals surface area contributed by atoms with Gasteiger partial charge in [0.1, 0.15) is 6.04 Å². The van der Waals surface area contributed by atoms with Gasteiger partial charge in [0.15, 0.2) is 5.78 Å². The highest BCUT2D eigenvalue weighted by atomic mass is 16.1. The predicted molar refractivity (Wildman–Crippen MR) is 60.5 cm³/mol. The Morgan fingerprint density at radius 3 is 2.40 bits per heavy atom. The van der Waals surface area contributed by atoms with E-state index in [0.717, 1.165) is 5.69 Å². The van der Waals surface area contributed by atoms with Gasteiger partial charge in [-0.25, -0.2) is 0 Å². The Labute approximate surface area is 91.1 Å². The van der Waals surface area contributed by atoms with E-state index in [9.17, 15) is 4.79 Å². The summed E-state index contributed by atoms with van der Waals surface area (Å²) in [6.45, 7) is 3.84. The lowest BCUT2D eigenvalue weighted by Crippen LogP contribution is -2.31. The summed E-state index contributed by atoms with van der Waals surface area (Å²) in [5.41, 5.74) is 0.821. The van der Waals surface area contributed by atoms with Crippen molar-refractivity contribution in [2.75, 3.05) is 14.1 Å². The van der Waals surface area contributed by atoms with Crippen LogP contribution in [0.5, 0.6) is 0 Å². The lowest BCUT2D eigenvalue weighted by molar-refractivity contribution is -0.126. The van der Waals surface area contributed by atoms with E-state index in [4.69, 9.17) is 0 Å². The van der Waals surface area contributed by atoms with E-state index in [0.29, 0.717) is 0 Å². The Morgan fingerprint density at radius 1 is 1.33 bits per heavy atom. The van der Waals surface area contributed by atoms with Gasteiger partial charge in [-0.15, -0.1) is 0 Å². The first kappa shape index (κ1) is 11.9. The first-order valence-electron chi connectivity index (χ1n) is 5.15. The highest BCUT2D eigenvalue weighted by Gasteiger charge is 2.25. The third-order valence-electron chi connectivity index (χ3n) is 2.32.